The smallest absolute Gasteiger partial charge is 0.330 e. The van der Waals surface area contributed by atoms with E-state index in [-0.39, 0.29) is 11.3 Å². The average Bonchev–Trinajstić information content (AvgIpc) is 2.74. The Morgan fingerprint density at radius 2 is 1.76 bits per heavy atom. The van der Waals surface area contributed by atoms with Gasteiger partial charge >= 0.3 is 5.97 Å². The molecule has 0 saturated carbocycles. The predicted octanol–water partition coefficient (Wildman–Crippen LogP) is 3.06. The van der Waals surface area contributed by atoms with E-state index in [0.717, 1.165) is 5.56 Å². The van der Waals surface area contributed by atoms with Crippen molar-refractivity contribution >= 4 is 23.6 Å². The van der Waals surface area contributed by atoms with Crippen molar-refractivity contribution in [3.05, 3.63) is 94.4 Å². The quantitative estimate of drug-likeness (QED) is 0.517. The SMILES string of the molecule is CCOC(=O)/C=C/c1ccc(NC(=O)c2ccc(=O)n(-c3ccccc3)n2)cc1. The highest BCUT2D eigenvalue weighted by Crippen LogP contribution is 2.12. The number of nitrogens with zero attached hydrogens (tertiary/aromatic N) is 2. The van der Waals surface area contributed by atoms with Crippen molar-refractivity contribution in [3.63, 3.8) is 0 Å². The summed E-state index contributed by atoms with van der Waals surface area (Å²) in [6.07, 6.45) is 2.97. The number of carbonyl (C=O) groups is 2. The van der Waals surface area contributed by atoms with Gasteiger partial charge in [-0.25, -0.2) is 4.79 Å². The van der Waals surface area contributed by atoms with Gasteiger partial charge in [0.15, 0.2) is 0 Å². The van der Waals surface area contributed by atoms with Crippen molar-refractivity contribution in [2.24, 2.45) is 0 Å². The molecule has 1 aromatic heterocycles. The zero-order valence-electron chi connectivity index (χ0n) is 15.7. The molecule has 0 aliphatic heterocycles. The van der Waals surface area contributed by atoms with Gasteiger partial charge in [-0.05, 0) is 48.9 Å². The summed E-state index contributed by atoms with van der Waals surface area (Å²) < 4.78 is 6.00. The van der Waals surface area contributed by atoms with Crippen LogP contribution in [0.1, 0.15) is 23.0 Å². The number of anilines is 1. The number of rotatable bonds is 6. The van der Waals surface area contributed by atoms with E-state index in [1.165, 1.54) is 22.9 Å². The van der Waals surface area contributed by atoms with Crippen molar-refractivity contribution in [1.82, 2.24) is 9.78 Å². The fourth-order valence-electron chi connectivity index (χ4n) is 2.51. The summed E-state index contributed by atoms with van der Waals surface area (Å²) >= 11 is 0. The van der Waals surface area contributed by atoms with Gasteiger partial charge in [-0.1, -0.05) is 30.3 Å². The number of hydrogen-bond donors (Lipinski definition) is 1. The largest absolute Gasteiger partial charge is 0.463 e. The maximum Gasteiger partial charge on any atom is 0.330 e. The van der Waals surface area contributed by atoms with Gasteiger partial charge in [-0.2, -0.15) is 9.78 Å². The van der Waals surface area contributed by atoms with Crippen molar-refractivity contribution in [2.75, 3.05) is 11.9 Å². The molecular weight excluding hydrogens is 370 g/mol. The molecule has 0 aliphatic carbocycles. The molecule has 1 N–H and O–H groups in total. The standard InChI is InChI=1S/C22H19N3O4/c1-2-29-21(27)15-10-16-8-11-17(12-9-16)23-22(28)19-13-14-20(26)25(24-19)18-6-4-3-5-7-18/h3-15H,2H2,1H3,(H,23,28)/b15-10+. The molecule has 0 atom stereocenters. The molecule has 0 spiro atoms. The summed E-state index contributed by atoms with van der Waals surface area (Å²) in [5.74, 6) is -0.853. The lowest BCUT2D eigenvalue weighted by atomic mass is 10.2. The van der Waals surface area contributed by atoms with Crippen LogP contribution in [0.15, 0.2) is 77.6 Å². The normalized spacial score (nSPS) is 10.7. The van der Waals surface area contributed by atoms with Crippen LogP contribution < -0.4 is 10.9 Å². The van der Waals surface area contributed by atoms with Crippen LogP contribution in [0.25, 0.3) is 11.8 Å². The maximum atomic E-state index is 12.5. The van der Waals surface area contributed by atoms with Crippen LogP contribution in [-0.2, 0) is 9.53 Å². The first-order chi connectivity index (χ1) is 14.1. The lowest BCUT2D eigenvalue weighted by Crippen LogP contribution is -2.24. The number of carbonyl (C=O) groups excluding carboxylic acids is 2. The van der Waals surface area contributed by atoms with Crippen LogP contribution in [-0.4, -0.2) is 28.3 Å². The van der Waals surface area contributed by atoms with Gasteiger partial charge in [-0.15, -0.1) is 0 Å². The van der Waals surface area contributed by atoms with Crippen LogP contribution in [0, 0.1) is 0 Å². The number of aromatic nitrogens is 2. The Labute approximate surface area is 167 Å². The predicted molar refractivity (Wildman–Crippen MR) is 110 cm³/mol. The number of hydrogen-bond acceptors (Lipinski definition) is 5. The zero-order chi connectivity index (χ0) is 20.6. The van der Waals surface area contributed by atoms with E-state index in [9.17, 15) is 14.4 Å². The van der Waals surface area contributed by atoms with Crippen molar-refractivity contribution in [3.8, 4) is 5.69 Å². The minimum absolute atomic E-state index is 0.111. The highest BCUT2D eigenvalue weighted by Gasteiger charge is 2.11. The molecule has 0 bridgehead atoms. The molecule has 1 heterocycles. The summed E-state index contributed by atoms with van der Waals surface area (Å²) in [6, 6.07) is 18.5. The highest BCUT2D eigenvalue weighted by atomic mass is 16.5. The summed E-state index contributed by atoms with van der Waals surface area (Å²) in [4.78, 5) is 35.9. The number of para-hydroxylation sites is 1. The van der Waals surface area contributed by atoms with E-state index in [0.29, 0.717) is 18.0 Å². The lowest BCUT2D eigenvalue weighted by Gasteiger charge is -2.08. The molecule has 146 valence electrons. The van der Waals surface area contributed by atoms with Gasteiger partial charge in [0.25, 0.3) is 11.5 Å². The number of ether oxygens (including phenoxy) is 1. The van der Waals surface area contributed by atoms with Gasteiger partial charge < -0.3 is 10.1 Å². The first kappa shape index (κ1) is 19.8. The van der Waals surface area contributed by atoms with Crippen molar-refractivity contribution in [1.29, 1.82) is 0 Å². The second-order valence-corrected chi connectivity index (χ2v) is 5.97. The van der Waals surface area contributed by atoms with Crippen molar-refractivity contribution < 1.29 is 14.3 Å². The third-order valence-electron chi connectivity index (χ3n) is 3.90. The molecule has 3 rings (SSSR count). The second kappa shape index (κ2) is 9.27. The minimum Gasteiger partial charge on any atom is -0.463 e. The van der Waals surface area contributed by atoms with E-state index < -0.39 is 11.9 Å². The van der Waals surface area contributed by atoms with Gasteiger partial charge in [0.1, 0.15) is 5.69 Å². The third-order valence-corrected chi connectivity index (χ3v) is 3.90. The van der Waals surface area contributed by atoms with E-state index in [2.05, 4.69) is 10.4 Å². The molecule has 0 saturated heterocycles. The maximum absolute atomic E-state index is 12.5. The highest BCUT2D eigenvalue weighted by molar-refractivity contribution is 6.02. The van der Waals surface area contributed by atoms with Gasteiger partial charge in [0.2, 0.25) is 0 Å². The summed E-state index contributed by atoms with van der Waals surface area (Å²) in [7, 11) is 0. The first-order valence-electron chi connectivity index (χ1n) is 8.99. The Hall–Kier alpha value is -4.00. The average molecular weight is 389 g/mol. The Balaban J connectivity index is 1.72. The van der Waals surface area contributed by atoms with E-state index in [1.807, 2.05) is 6.07 Å². The topological polar surface area (TPSA) is 90.3 Å². The van der Waals surface area contributed by atoms with Crippen LogP contribution in [0.2, 0.25) is 0 Å². The van der Waals surface area contributed by atoms with Crippen LogP contribution >= 0.6 is 0 Å². The molecule has 0 radical (unpaired) electrons. The first-order valence-corrected chi connectivity index (χ1v) is 8.99. The summed E-state index contributed by atoms with van der Waals surface area (Å²) in [5, 5.41) is 6.89. The van der Waals surface area contributed by atoms with Crippen LogP contribution in [0.4, 0.5) is 5.69 Å². The summed E-state index contributed by atoms with van der Waals surface area (Å²) in [6.45, 7) is 2.06. The number of benzene rings is 2. The monoisotopic (exact) mass is 389 g/mol. The van der Waals surface area contributed by atoms with Gasteiger partial charge in [0, 0.05) is 17.8 Å². The van der Waals surface area contributed by atoms with E-state index >= 15 is 0 Å². The molecule has 0 aliphatic rings. The fourth-order valence-corrected chi connectivity index (χ4v) is 2.51. The Morgan fingerprint density at radius 1 is 1.03 bits per heavy atom. The van der Waals surface area contributed by atoms with Crippen LogP contribution in [0.3, 0.4) is 0 Å². The molecule has 7 nitrogen and oxygen atoms in total. The van der Waals surface area contributed by atoms with Crippen molar-refractivity contribution in [2.45, 2.75) is 6.92 Å². The third kappa shape index (κ3) is 5.26. The lowest BCUT2D eigenvalue weighted by molar-refractivity contribution is -0.137. The molecule has 0 unspecified atom stereocenters. The molecule has 0 fully saturated rings. The Bertz CT molecular complexity index is 1090. The zero-order valence-corrected chi connectivity index (χ0v) is 15.7. The second-order valence-electron chi connectivity index (χ2n) is 5.97. The Kier molecular flexibility index (Phi) is 6.32. The Morgan fingerprint density at radius 3 is 2.45 bits per heavy atom. The van der Waals surface area contributed by atoms with E-state index in [1.54, 1.807) is 61.5 Å². The van der Waals surface area contributed by atoms with Gasteiger partial charge in [0.05, 0.1) is 12.3 Å². The minimum atomic E-state index is -0.440. The molecular formula is C22H19N3O4. The molecule has 2 aromatic carbocycles. The van der Waals surface area contributed by atoms with Crippen LogP contribution in [0.5, 0.6) is 0 Å². The fraction of sp³-hybridized carbons (Fsp3) is 0.0909. The molecule has 7 heteroatoms. The number of esters is 1. The van der Waals surface area contributed by atoms with E-state index in [4.69, 9.17) is 4.74 Å². The van der Waals surface area contributed by atoms with Gasteiger partial charge in [-0.3, -0.25) is 9.59 Å². The molecule has 1 amide bonds. The number of nitrogens with one attached hydrogen (secondary N) is 1. The molecule has 3 aromatic rings. The number of amides is 1. The summed E-state index contributed by atoms with van der Waals surface area (Å²) in [5.41, 5.74) is 1.70. The molecule has 29 heavy (non-hydrogen) atoms.